The van der Waals surface area contributed by atoms with E-state index in [4.69, 9.17) is 0 Å². The molecule has 5 nitrogen and oxygen atoms in total. The van der Waals surface area contributed by atoms with Crippen LogP contribution in [0.4, 0.5) is 0 Å². The number of carbonyl (C=O) groups excluding carboxylic acids is 1. The van der Waals surface area contributed by atoms with Crippen molar-refractivity contribution in [1.29, 1.82) is 0 Å². The Morgan fingerprint density at radius 2 is 2.10 bits per heavy atom. The molecule has 20 heavy (non-hydrogen) atoms. The van der Waals surface area contributed by atoms with Gasteiger partial charge in [-0.2, -0.15) is 0 Å². The summed E-state index contributed by atoms with van der Waals surface area (Å²) in [5.41, 5.74) is 2.98. The van der Waals surface area contributed by atoms with Gasteiger partial charge >= 0.3 is 0 Å². The Balaban J connectivity index is 1.63. The third kappa shape index (κ3) is 2.67. The van der Waals surface area contributed by atoms with Crippen LogP contribution in [0.5, 0.6) is 0 Å². The molecule has 1 aromatic carbocycles. The number of aromatic nitrogens is 2. The fourth-order valence-electron chi connectivity index (χ4n) is 2.69. The third-order valence-corrected chi connectivity index (χ3v) is 4.01. The van der Waals surface area contributed by atoms with Crippen LogP contribution < -0.4 is 0 Å². The maximum absolute atomic E-state index is 12.3. The molecule has 1 aliphatic rings. The first-order valence-electron chi connectivity index (χ1n) is 7.18. The predicted molar refractivity (Wildman–Crippen MR) is 78.5 cm³/mol. The van der Waals surface area contributed by atoms with E-state index >= 15 is 0 Å². The number of nitrogens with one attached hydrogen (secondary N) is 1. The number of fused-ring (bicyclic) bond motifs is 1. The lowest BCUT2D eigenvalue weighted by Gasteiger charge is -2.34. The van der Waals surface area contributed by atoms with E-state index in [1.54, 1.807) is 6.33 Å². The molecule has 0 aliphatic carbocycles. The van der Waals surface area contributed by atoms with E-state index in [2.05, 4.69) is 21.8 Å². The quantitative estimate of drug-likeness (QED) is 0.915. The van der Waals surface area contributed by atoms with Gasteiger partial charge in [-0.1, -0.05) is 13.0 Å². The van der Waals surface area contributed by atoms with Gasteiger partial charge in [-0.05, 0) is 24.2 Å². The van der Waals surface area contributed by atoms with Crippen molar-refractivity contribution in [3.8, 4) is 0 Å². The van der Waals surface area contributed by atoms with Gasteiger partial charge in [-0.15, -0.1) is 0 Å². The zero-order chi connectivity index (χ0) is 13.9. The van der Waals surface area contributed by atoms with Crippen molar-refractivity contribution in [3.63, 3.8) is 0 Å². The van der Waals surface area contributed by atoms with Crippen molar-refractivity contribution in [2.45, 2.75) is 13.3 Å². The van der Waals surface area contributed by atoms with Crippen LogP contribution in [0.3, 0.4) is 0 Å². The van der Waals surface area contributed by atoms with Gasteiger partial charge in [-0.25, -0.2) is 4.98 Å². The lowest BCUT2D eigenvalue weighted by atomic mass is 10.1. The first kappa shape index (κ1) is 13.1. The highest BCUT2D eigenvalue weighted by molar-refractivity contribution is 5.81. The molecule has 1 N–H and O–H groups in total. The van der Waals surface area contributed by atoms with E-state index < -0.39 is 0 Å². The minimum absolute atomic E-state index is 0.222. The molecule has 0 unspecified atom stereocenters. The molecule has 1 fully saturated rings. The summed E-state index contributed by atoms with van der Waals surface area (Å²) < 4.78 is 0. The number of nitrogens with zero attached hydrogens (tertiary/aromatic N) is 3. The number of hydrogen-bond acceptors (Lipinski definition) is 3. The number of aromatic amines is 1. The Morgan fingerprint density at radius 3 is 2.85 bits per heavy atom. The molecule has 1 aromatic heterocycles. The van der Waals surface area contributed by atoms with Crippen LogP contribution in [0.15, 0.2) is 24.5 Å². The Labute approximate surface area is 118 Å². The molecular weight excluding hydrogens is 252 g/mol. The molecule has 2 aromatic rings. The monoisotopic (exact) mass is 272 g/mol. The summed E-state index contributed by atoms with van der Waals surface area (Å²) in [4.78, 5) is 23.9. The Hall–Kier alpha value is -1.88. The van der Waals surface area contributed by atoms with Crippen molar-refractivity contribution >= 4 is 16.9 Å². The number of hydrogen-bond donors (Lipinski definition) is 1. The number of imidazole rings is 1. The molecule has 1 aliphatic heterocycles. The van der Waals surface area contributed by atoms with Crippen molar-refractivity contribution < 1.29 is 4.79 Å². The van der Waals surface area contributed by atoms with E-state index in [1.807, 2.05) is 23.1 Å². The van der Waals surface area contributed by atoms with Crippen LogP contribution in [0.25, 0.3) is 11.0 Å². The van der Waals surface area contributed by atoms with Crippen LogP contribution in [0, 0.1) is 0 Å². The second-order valence-corrected chi connectivity index (χ2v) is 5.25. The Kier molecular flexibility index (Phi) is 3.69. The summed E-state index contributed by atoms with van der Waals surface area (Å²) in [6, 6.07) is 5.97. The van der Waals surface area contributed by atoms with Gasteiger partial charge in [0, 0.05) is 26.2 Å². The molecule has 1 saturated heterocycles. The average Bonchev–Trinajstić information content (AvgIpc) is 2.95. The molecule has 0 radical (unpaired) electrons. The fraction of sp³-hybridized carbons (Fsp3) is 0.467. The molecule has 0 saturated carbocycles. The maximum Gasteiger partial charge on any atom is 0.227 e. The van der Waals surface area contributed by atoms with E-state index in [0.29, 0.717) is 6.42 Å². The van der Waals surface area contributed by atoms with Crippen LogP contribution >= 0.6 is 0 Å². The molecule has 0 atom stereocenters. The molecule has 0 bridgehead atoms. The summed E-state index contributed by atoms with van der Waals surface area (Å²) >= 11 is 0. The summed E-state index contributed by atoms with van der Waals surface area (Å²) in [5.74, 6) is 0.222. The molecule has 1 amide bonds. The van der Waals surface area contributed by atoms with E-state index in [0.717, 1.165) is 49.3 Å². The van der Waals surface area contributed by atoms with Crippen LogP contribution in [0.2, 0.25) is 0 Å². The molecule has 106 valence electrons. The van der Waals surface area contributed by atoms with Crippen LogP contribution in [0.1, 0.15) is 12.5 Å². The smallest absolute Gasteiger partial charge is 0.227 e. The van der Waals surface area contributed by atoms with Gasteiger partial charge in [0.25, 0.3) is 0 Å². The number of rotatable bonds is 3. The molecule has 0 spiro atoms. The van der Waals surface area contributed by atoms with Crippen molar-refractivity contribution in [2.24, 2.45) is 0 Å². The topological polar surface area (TPSA) is 52.2 Å². The lowest BCUT2D eigenvalue weighted by Crippen LogP contribution is -2.48. The van der Waals surface area contributed by atoms with E-state index in [1.165, 1.54) is 0 Å². The van der Waals surface area contributed by atoms with Gasteiger partial charge in [0.05, 0.1) is 23.8 Å². The van der Waals surface area contributed by atoms with Gasteiger partial charge < -0.3 is 14.8 Å². The predicted octanol–water partition coefficient (Wildman–Crippen LogP) is 1.27. The first-order chi connectivity index (χ1) is 9.76. The van der Waals surface area contributed by atoms with Crippen molar-refractivity contribution in [3.05, 3.63) is 30.1 Å². The standard InChI is InChI=1S/C15H20N4O/c1-2-18-5-7-19(8-6-18)15(20)10-12-3-4-13-14(9-12)17-11-16-13/h3-4,9,11H,2,5-8,10H2,1H3,(H,16,17). The van der Waals surface area contributed by atoms with Crippen molar-refractivity contribution in [1.82, 2.24) is 19.8 Å². The SMILES string of the molecule is CCN1CCN(C(=O)Cc2ccc3nc[nH]c3c2)CC1. The Bertz CT molecular complexity index is 599. The van der Waals surface area contributed by atoms with Crippen molar-refractivity contribution in [2.75, 3.05) is 32.7 Å². The number of benzene rings is 1. The van der Waals surface area contributed by atoms with Gasteiger partial charge in [0.15, 0.2) is 0 Å². The van der Waals surface area contributed by atoms with Crippen LogP contribution in [-0.2, 0) is 11.2 Å². The molecule has 5 heteroatoms. The highest BCUT2D eigenvalue weighted by Crippen LogP contribution is 2.13. The molecule has 2 heterocycles. The second-order valence-electron chi connectivity index (χ2n) is 5.25. The second kappa shape index (κ2) is 5.63. The normalized spacial score (nSPS) is 16.8. The number of likely N-dealkylation sites (N-methyl/N-ethyl adjacent to an activating group) is 1. The van der Waals surface area contributed by atoms with E-state index in [9.17, 15) is 4.79 Å². The fourth-order valence-corrected chi connectivity index (χ4v) is 2.69. The van der Waals surface area contributed by atoms with Gasteiger partial charge in [0.1, 0.15) is 0 Å². The zero-order valence-electron chi connectivity index (χ0n) is 11.8. The number of piperazine rings is 1. The highest BCUT2D eigenvalue weighted by atomic mass is 16.2. The van der Waals surface area contributed by atoms with Crippen LogP contribution in [-0.4, -0.2) is 58.4 Å². The highest BCUT2D eigenvalue weighted by Gasteiger charge is 2.20. The summed E-state index contributed by atoms with van der Waals surface area (Å²) in [6.45, 7) is 6.90. The minimum atomic E-state index is 0.222. The van der Waals surface area contributed by atoms with E-state index in [-0.39, 0.29) is 5.91 Å². The Morgan fingerprint density at radius 1 is 1.30 bits per heavy atom. The van der Waals surface area contributed by atoms with Gasteiger partial charge in [0.2, 0.25) is 5.91 Å². The largest absolute Gasteiger partial charge is 0.345 e. The summed E-state index contributed by atoms with van der Waals surface area (Å²) in [6.07, 6.45) is 2.15. The number of H-pyrrole nitrogens is 1. The maximum atomic E-state index is 12.3. The van der Waals surface area contributed by atoms with Gasteiger partial charge in [-0.3, -0.25) is 4.79 Å². The number of carbonyl (C=O) groups is 1. The third-order valence-electron chi connectivity index (χ3n) is 4.01. The minimum Gasteiger partial charge on any atom is -0.345 e. The number of amides is 1. The molecule has 3 rings (SSSR count). The first-order valence-corrected chi connectivity index (χ1v) is 7.18. The average molecular weight is 272 g/mol. The zero-order valence-corrected chi connectivity index (χ0v) is 11.8. The molecular formula is C15H20N4O. The summed E-state index contributed by atoms with van der Waals surface area (Å²) in [7, 11) is 0. The summed E-state index contributed by atoms with van der Waals surface area (Å²) in [5, 5.41) is 0. The lowest BCUT2D eigenvalue weighted by molar-refractivity contribution is -0.132.